The Bertz CT molecular complexity index is 913. The van der Waals surface area contributed by atoms with Crippen LogP contribution >= 0.6 is 11.8 Å². The fraction of sp³-hybridized carbons (Fsp3) is 0.600. The summed E-state index contributed by atoms with van der Waals surface area (Å²) in [5.41, 5.74) is 2.51. The number of sulfone groups is 1. The topological polar surface area (TPSA) is 87.6 Å². The second-order valence-corrected chi connectivity index (χ2v) is 11.6. The Morgan fingerprint density at radius 2 is 2.00 bits per heavy atom. The zero-order chi connectivity index (χ0) is 19.9. The van der Waals surface area contributed by atoms with Crippen molar-refractivity contribution in [1.82, 2.24) is 5.32 Å². The minimum absolute atomic E-state index is 0.00655. The van der Waals surface area contributed by atoms with Crippen molar-refractivity contribution in [2.45, 2.75) is 56.9 Å². The van der Waals surface area contributed by atoms with E-state index in [0.717, 1.165) is 22.8 Å². The molecule has 1 saturated carbocycles. The summed E-state index contributed by atoms with van der Waals surface area (Å²) < 4.78 is 23.4. The van der Waals surface area contributed by atoms with E-state index in [9.17, 15) is 13.2 Å². The van der Waals surface area contributed by atoms with Crippen molar-refractivity contribution in [1.29, 1.82) is 0 Å². The van der Waals surface area contributed by atoms with Gasteiger partial charge in [-0.2, -0.15) is 0 Å². The lowest BCUT2D eigenvalue weighted by Crippen LogP contribution is -2.41. The Morgan fingerprint density at radius 3 is 2.75 bits per heavy atom. The molecule has 8 heteroatoms. The highest BCUT2D eigenvalue weighted by Crippen LogP contribution is 2.35. The molecule has 4 rings (SSSR count). The molecule has 1 aromatic rings. The standard InChI is InChI=1S/C20H27N3O3S2/c1-12-5-3-4-6-15(12)21-19(24)14-8-7-13(2)16(9-14)22-20-23-17-10-28(25,26)11-18(17)27-20/h7-9,12,15,17-18H,3-6,10-11H2,1-2H3,(H,21,24)(H,22,23)/t12-,15+,17+,18+/m0/s1. The van der Waals surface area contributed by atoms with E-state index in [2.05, 4.69) is 22.5 Å². The van der Waals surface area contributed by atoms with Gasteiger partial charge in [0.2, 0.25) is 0 Å². The number of amides is 1. The van der Waals surface area contributed by atoms with Crippen molar-refractivity contribution in [2.24, 2.45) is 10.9 Å². The van der Waals surface area contributed by atoms with Gasteiger partial charge in [-0.25, -0.2) is 8.42 Å². The summed E-state index contributed by atoms with van der Waals surface area (Å²) in [6, 6.07) is 5.75. The van der Waals surface area contributed by atoms with E-state index >= 15 is 0 Å². The second-order valence-electron chi connectivity index (χ2n) is 8.23. The van der Waals surface area contributed by atoms with Gasteiger partial charge in [0.1, 0.15) is 0 Å². The second kappa shape index (κ2) is 7.71. The van der Waals surface area contributed by atoms with E-state index in [-0.39, 0.29) is 34.7 Å². The molecular formula is C20H27N3O3S2. The molecule has 28 heavy (non-hydrogen) atoms. The number of thioether (sulfide) groups is 1. The number of rotatable bonds is 3. The van der Waals surface area contributed by atoms with Crippen LogP contribution in [0.15, 0.2) is 23.2 Å². The minimum atomic E-state index is -2.96. The summed E-state index contributed by atoms with van der Waals surface area (Å²) in [4.78, 5) is 17.3. The van der Waals surface area contributed by atoms with Gasteiger partial charge in [0.15, 0.2) is 15.0 Å². The summed E-state index contributed by atoms with van der Waals surface area (Å²) >= 11 is 1.49. The number of anilines is 1. The first-order valence-corrected chi connectivity index (χ1v) is 12.6. The van der Waals surface area contributed by atoms with Crippen LogP contribution in [0.1, 0.15) is 48.5 Å². The average molecular weight is 422 g/mol. The summed E-state index contributed by atoms with van der Waals surface area (Å²) in [6.45, 7) is 4.19. The molecule has 1 aromatic carbocycles. The van der Waals surface area contributed by atoms with E-state index in [1.54, 1.807) is 0 Å². The SMILES string of the molecule is Cc1ccc(C(=O)N[C@@H]2CCCC[C@@H]2C)cc1NC1=N[C@@H]2CS(=O)(=O)C[C@H]2S1. The summed E-state index contributed by atoms with van der Waals surface area (Å²) in [5.74, 6) is 0.806. The predicted molar refractivity (Wildman–Crippen MR) is 115 cm³/mol. The van der Waals surface area contributed by atoms with Gasteiger partial charge >= 0.3 is 0 Å². The van der Waals surface area contributed by atoms with Crippen LogP contribution in [-0.2, 0) is 9.84 Å². The fourth-order valence-electron chi connectivity index (χ4n) is 4.21. The van der Waals surface area contributed by atoms with E-state index < -0.39 is 9.84 Å². The number of amidine groups is 1. The van der Waals surface area contributed by atoms with Crippen molar-refractivity contribution >= 4 is 38.4 Å². The monoisotopic (exact) mass is 421 g/mol. The third-order valence-corrected chi connectivity index (χ3v) is 9.13. The van der Waals surface area contributed by atoms with Crippen LogP contribution in [0.2, 0.25) is 0 Å². The van der Waals surface area contributed by atoms with Gasteiger partial charge in [-0.15, -0.1) is 0 Å². The highest BCUT2D eigenvalue weighted by atomic mass is 32.2. The molecule has 1 saturated heterocycles. The van der Waals surface area contributed by atoms with Crippen molar-refractivity contribution in [3.8, 4) is 0 Å². The van der Waals surface area contributed by atoms with Gasteiger partial charge in [0.05, 0.1) is 17.5 Å². The van der Waals surface area contributed by atoms with Gasteiger partial charge in [0, 0.05) is 22.5 Å². The van der Waals surface area contributed by atoms with E-state index in [1.165, 1.54) is 31.0 Å². The van der Waals surface area contributed by atoms with Gasteiger partial charge in [-0.3, -0.25) is 9.79 Å². The number of carbonyl (C=O) groups is 1. The molecule has 152 valence electrons. The molecule has 0 aromatic heterocycles. The number of nitrogens with zero attached hydrogens (tertiary/aromatic N) is 1. The summed E-state index contributed by atoms with van der Waals surface area (Å²) in [7, 11) is -2.96. The Morgan fingerprint density at radius 1 is 1.21 bits per heavy atom. The van der Waals surface area contributed by atoms with Gasteiger partial charge in [-0.05, 0) is 43.4 Å². The molecule has 2 aliphatic heterocycles. The molecule has 0 bridgehead atoms. The maximum absolute atomic E-state index is 12.7. The molecule has 0 unspecified atom stereocenters. The number of benzene rings is 1. The van der Waals surface area contributed by atoms with E-state index in [4.69, 9.17) is 0 Å². The van der Waals surface area contributed by atoms with Crippen LogP contribution < -0.4 is 10.6 Å². The van der Waals surface area contributed by atoms with E-state index in [0.29, 0.717) is 11.5 Å². The Hall–Kier alpha value is -1.54. The Kier molecular flexibility index (Phi) is 5.44. The predicted octanol–water partition coefficient (Wildman–Crippen LogP) is 2.98. The summed E-state index contributed by atoms with van der Waals surface area (Å²) in [5, 5.41) is 7.26. The molecule has 6 nitrogen and oxygen atoms in total. The number of carbonyl (C=O) groups excluding carboxylic acids is 1. The van der Waals surface area contributed by atoms with Gasteiger partial charge in [0.25, 0.3) is 5.91 Å². The van der Waals surface area contributed by atoms with Crippen LogP contribution in [0.5, 0.6) is 0 Å². The van der Waals surface area contributed by atoms with Crippen molar-refractivity contribution in [3.63, 3.8) is 0 Å². The van der Waals surface area contributed by atoms with Gasteiger partial charge < -0.3 is 10.6 Å². The zero-order valence-electron chi connectivity index (χ0n) is 16.3. The molecule has 2 N–H and O–H groups in total. The number of aliphatic imine (C=N–C) groups is 1. The molecule has 0 radical (unpaired) electrons. The van der Waals surface area contributed by atoms with Crippen LogP contribution in [-0.4, -0.2) is 48.3 Å². The minimum Gasteiger partial charge on any atom is -0.349 e. The van der Waals surface area contributed by atoms with Crippen molar-refractivity contribution < 1.29 is 13.2 Å². The molecule has 2 fully saturated rings. The lowest BCUT2D eigenvalue weighted by molar-refractivity contribution is 0.0910. The third kappa shape index (κ3) is 4.22. The molecule has 4 atom stereocenters. The lowest BCUT2D eigenvalue weighted by atomic mass is 9.86. The number of fused-ring (bicyclic) bond motifs is 1. The van der Waals surface area contributed by atoms with Crippen LogP contribution in [0.4, 0.5) is 5.69 Å². The van der Waals surface area contributed by atoms with Crippen LogP contribution in [0.25, 0.3) is 0 Å². The molecule has 1 aliphatic carbocycles. The lowest BCUT2D eigenvalue weighted by Gasteiger charge is -2.29. The average Bonchev–Trinajstić information content (AvgIpc) is 3.11. The first-order chi connectivity index (χ1) is 13.3. The normalized spacial score (nSPS) is 31.1. The van der Waals surface area contributed by atoms with Crippen LogP contribution in [0.3, 0.4) is 0 Å². The Labute approximate surface area is 170 Å². The first-order valence-electron chi connectivity index (χ1n) is 9.94. The fourth-order valence-corrected chi connectivity index (χ4v) is 7.88. The quantitative estimate of drug-likeness (QED) is 0.783. The summed E-state index contributed by atoms with van der Waals surface area (Å²) in [6.07, 6.45) is 4.63. The highest BCUT2D eigenvalue weighted by molar-refractivity contribution is 8.15. The smallest absolute Gasteiger partial charge is 0.251 e. The molecule has 2 heterocycles. The van der Waals surface area contributed by atoms with Gasteiger partial charge in [-0.1, -0.05) is 37.6 Å². The maximum Gasteiger partial charge on any atom is 0.251 e. The number of hydrogen-bond donors (Lipinski definition) is 2. The molecule has 1 amide bonds. The largest absolute Gasteiger partial charge is 0.349 e. The molecular weight excluding hydrogens is 394 g/mol. The maximum atomic E-state index is 12.7. The third-order valence-electron chi connectivity index (χ3n) is 5.99. The van der Waals surface area contributed by atoms with Crippen LogP contribution in [0, 0.1) is 12.8 Å². The first kappa shape index (κ1) is 19.8. The van der Waals surface area contributed by atoms with Crippen molar-refractivity contribution in [3.05, 3.63) is 29.3 Å². The number of aryl methyl sites for hydroxylation is 1. The molecule has 0 spiro atoms. The van der Waals surface area contributed by atoms with E-state index in [1.807, 2.05) is 25.1 Å². The van der Waals surface area contributed by atoms with Crippen molar-refractivity contribution in [2.75, 3.05) is 16.8 Å². The number of hydrogen-bond acceptors (Lipinski definition) is 6. The zero-order valence-corrected chi connectivity index (χ0v) is 17.9. The number of nitrogens with one attached hydrogen (secondary N) is 2. The highest BCUT2D eigenvalue weighted by Gasteiger charge is 2.42. The molecule has 3 aliphatic rings. The Balaban J connectivity index is 1.45.